The Bertz CT molecular complexity index is 495. The fourth-order valence-electron chi connectivity index (χ4n) is 6.00. The van der Waals surface area contributed by atoms with Crippen molar-refractivity contribution < 1.29 is 9.90 Å². The number of amides is 1. The van der Waals surface area contributed by atoms with Crippen molar-refractivity contribution in [2.75, 3.05) is 13.2 Å². The molecule has 0 radical (unpaired) electrons. The topological polar surface area (TPSA) is 64.4 Å². The Morgan fingerprint density at radius 1 is 0.963 bits per heavy atom. The molecule has 0 unspecified atom stereocenters. The molecule has 0 aromatic carbocycles. The van der Waals surface area contributed by atoms with Crippen molar-refractivity contribution in [2.24, 2.45) is 17.3 Å². The van der Waals surface area contributed by atoms with Crippen LogP contribution in [-0.2, 0) is 4.79 Å². The summed E-state index contributed by atoms with van der Waals surface area (Å²) in [5.74, 6) is 2.07. The molecular weight excluding hydrogens is 336 g/mol. The molecule has 154 valence electrons. The molecule has 2 N–H and O–H groups in total. The van der Waals surface area contributed by atoms with E-state index in [1.165, 1.54) is 70.6 Å². The quantitative estimate of drug-likeness (QED) is 0.634. The number of β-amino-alcohol motifs (C(OH)–C–C–N with tert-alkyl or cyclic N) is 1. The molecule has 0 spiro atoms. The first kappa shape index (κ1) is 20.8. The van der Waals surface area contributed by atoms with Crippen molar-refractivity contribution in [1.29, 1.82) is 5.41 Å². The van der Waals surface area contributed by atoms with Crippen molar-refractivity contribution in [3.63, 3.8) is 0 Å². The summed E-state index contributed by atoms with van der Waals surface area (Å²) in [6, 6.07) is 0. The fraction of sp³-hybridized carbons (Fsp3) is 0.913. The van der Waals surface area contributed by atoms with Gasteiger partial charge in [-0.1, -0.05) is 64.2 Å². The third-order valence-corrected chi connectivity index (χ3v) is 7.58. The molecular formula is C23H40N2O2. The van der Waals surface area contributed by atoms with Gasteiger partial charge < -0.3 is 5.11 Å². The summed E-state index contributed by atoms with van der Waals surface area (Å²) < 4.78 is 0. The third kappa shape index (κ3) is 5.34. The molecule has 3 fully saturated rings. The maximum atomic E-state index is 13.7. The highest BCUT2D eigenvalue weighted by Crippen LogP contribution is 2.46. The minimum absolute atomic E-state index is 0.0454. The number of amidine groups is 1. The Balaban J connectivity index is 1.77. The maximum absolute atomic E-state index is 13.7. The molecule has 0 aromatic rings. The van der Waals surface area contributed by atoms with Crippen LogP contribution in [-0.4, -0.2) is 34.9 Å². The van der Waals surface area contributed by atoms with E-state index in [9.17, 15) is 9.90 Å². The second-order valence-corrected chi connectivity index (χ2v) is 9.51. The van der Waals surface area contributed by atoms with E-state index >= 15 is 0 Å². The van der Waals surface area contributed by atoms with E-state index in [-0.39, 0.29) is 17.9 Å². The predicted octanol–water partition coefficient (Wildman–Crippen LogP) is 5.29. The largest absolute Gasteiger partial charge is 0.395 e. The molecule has 2 saturated carbocycles. The summed E-state index contributed by atoms with van der Waals surface area (Å²) in [6.07, 6.45) is 19.1. The van der Waals surface area contributed by atoms with Crippen molar-refractivity contribution in [3.05, 3.63) is 0 Å². The summed E-state index contributed by atoms with van der Waals surface area (Å²) in [6.45, 7) is 0.254. The molecule has 27 heavy (non-hydrogen) atoms. The van der Waals surface area contributed by atoms with Gasteiger partial charge >= 0.3 is 0 Å². The van der Waals surface area contributed by atoms with Crippen molar-refractivity contribution >= 4 is 11.7 Å². The standard InChI is InChI=1S/C23H40N2O2/c24-21-12-7-14-23(22(27)25(21)16-17-26,18-20-10-5-2-6-11-20)15-13-19-8-3-1-4-9-19/h19-20,24,26H,1-18H2/t23-/m0/s1. The van der Waals surface area contributed by atoms with Gasteiger partial charge in [-0.15, -0.1) is 0 Å². The number of hydrogen-bond acceptors (Lipinski definition) is 3. The number of nitrogens with one attached hydrogen (secondary N) is 1. The number of carbonyl (C=O) groups is 1. The zero-order valence-corrected chi connectivity index (χ0v) is 17.2. The highest BCUT2D eigenvalue weighted by atomic mass is 16.3. The van der Waals surface area contributed by atoms with E-state index in [4.69, 9.17) is 5.41 Å². The molecule has 0 bridgehead atoms. The number of aliphatic hydroxyl groups excluding tert-OH is 1. The SMILES string of the molecule is N=C1CCC[C@](CCC2CCCCC2)(CC2CCCCC2)C(=O)N1CCO. The van der Waals surface area contributed by atoms with Gasteiger partial charge in [0.2, 0.25) is 5.91 Å². The van der Waals surface area contributed by atoms with Crippen LogP contribution in [0.4, 0.5) is 0 Å². The van der Waals surface area contributed by atoms with Crippen LogP contribution in [0.1, 0.15) is 103 Å². The van der Waals surface area contributed by atoms with Gasteiger partial charge in [0.05, 0.1) is 18.6 Å². The molecule has 1 heterocycles. The zero-order chi connectivity index (χ0) is 19.1. The average Bonchev–Trinajstić information content (AvgIpc) is 2.81. The molecule has 3 rings (SSSR count). The van der Waals surface area contributed by atoms with Crippen molar-refractivity contribution in [3.8, 4) is 0 Å². The lowest BCUT2D eigenvalue weighted by molar-refractivity contribution is -0.140. The Labute approximate surface area is 165 Å². The van der Waals surface area contributed by atoms with Crippen LogP contribution in [0, 0.1) is 22.7 Å². The Kier molecular flexibility index (Phi) is 7.75. The number of aliphatic hydroxyl groups is 1. The van der Waals surface area contributed by atoms with Crippen LogP contribution in [0.15, 0.2) is 0 Å². The summed E-state index contributed by atoms with van der Waals surface area (Å²) in [5.41, 5.74) is -0.280. The van der Waals surface area contributed by atoms with Gasteiger partial charge in [-0.05, 0) is 43.9 Å². The Morgan fingerprint density at radius 2 is 1.59 bits per heavy atom. The van der Waals surface area contributed by atoms with Crippen LogP contribution < -0.4 is 0 Å². The van der Waals surface area contributed by atoms with E-state index in [1.54, 1.807) is 4.90 Å². The molecule has 4 nitrogen and oxygen atoms in total. The normalized spacial score (nSPS) is 29.1. The highest BCUT2D eigenvalue weighted by molar-refractivity contribution is 6.00. The fourth-order valence-corrected chi connectivity index (χ4v) is 6.00. The molecule has 0 aromatic heterocycles. The Hall–Kier alpha value is -0.900. The van der Waals surface area contributed by atoms with E-state index in [2.05, 4.69) is 0 Å². The summed E-state index contributed by atoms with van der Waals surface area (Å²) >= 11 is 0. The van der Waals surface area contributed by atoms with E-state index < -0.39 is 0 Å². The minimum atomic E-state index is -0.280. The van der Waals surface area contributed by atoms with Gasteiger partial charge in [0.15, 0.2) is 0 Å². The highest BCUT2D eigenvalue weighted by Gasteiger charge is 2.45. The van der Waals surface area contributed by atoms with Crippen molar-refractivity contribution in [1.82, 2.24) is 4.90 Å². The average molecular weight is 377 g/mol. The summed E-state index contributed by atoms with van der Waals surface area (Å²) in [4.78, 5) is 15.3. The minimum Gasteiger partial charge on any atom is -0.395 e. The Morgan fingerprint density at radius 3 is 2.22 bits per heavy atom. The summed E-state index contributed by atoms with van der Waals surface area (Å²) in [5, 5.41) is 17.8. The van der Waals surface area contributed by atoms with Crippen LogP contribution in [0.5, 0.6) is 0 Å². The molecule has 1 aliphatic heterocycles. The van der Waals surface area contributed by atoms with Crippen LogP contribution in [0.3, 0.4) is 0 Å². The number of rotatable bonds is 7. The smallest absolute Gasteiger partial charge is 0.234 e. The molecule has 1 atom stereocenters. The van der Waals surface area contributed by atoms with Gasteiger partial charge in [0.25, 0.3) is 0 Å². The number of likely N-dealkylation sites (tertiary alicyclic amines) is 1. The molecule has 4 heteroatoms. The van der Waals surface area contributed by atoms with Gasteiger partial charge in [-0.25, -0.2) is 0 Å². The van der Waals surface area contributed by atoms with Crippen LogP contribution >= 0.6 is 0 Å². The van der Waals surface area contributed by atoms with Gasteiger partial charge in [-0.3, -0.25) is 15.1 Å². The number of carbonyl (C=O) groups excluding carboxylic acids is 1. The van der Waals surface area contributed by atoms with Gasteiger partial charge in [0.1, 0.15) is 5.84 Å². The first-order valence-electron chi connectivity index (χ1n) is 11.6. The first-order valence-corrected chi connectivity index (χ1v) is 11.6. The van der Waals surface area contributed by atoms with E-state index in [0.717, 1.165) is 31.6 Å². The van der Waals surface area contributed by atoms with Gasteiger partial charge in [0, 0.05) is 6.42 Å². The van der Waals surface area contributed by atoms with Crippen molar-refractivity contribution in [2.45, 2.75) is 103 Å². The lowest BCUT2D eigenvalue weighted by Crippen LogP contribution is -2.47. The summed E-state index contributed by atoms with van der Waals surface area (Å²) in [7, 11) is 0. The molecule has 3 aliphatic rings. The predicted molar refractivity (Wildman–Crippen MR) is 110 cm³/mol. The monoisotopic (exact) mass is 376 g/mol. The first-order chi connectivity index (χ1) is 13.1. The van der Waals surface area contributed by atoms with E-state index in [0.29, 0.717) is 24.7 Å². The second-order valence-electron chi connectivity index (χ2n) is 9.51. The third-order valence-electron chi connectivity index (χ3n) is 7.58. The van der Waals surface area contributed by atoms with Gasteiger partial charge in [-0.2, -0.15) is 0 Å². The number of hydrogen-bond donors (Lipinski definition) is 2. The molecule has 1 saturated heterocycles. The number of nitrogens with zero attached hydrogens (tertiary/aromatic N) is 1. The molecule has 2 aliphatic carbocycles. The van der Waals surface area contributed by atoms with Crippen LogP contribution in [0.2, 0.25) is 0 Å². The lowest BCUT2D eigenvalue weighted by atomic mass is 9.67. The molecule has 1 amide bonds. The lowest BCUT2D eigenvalue weighted by Gasteiger charge is -2.39. The van der Waals surface area contributed by atoms with Crippen LogP contribution in [0.25, 0.3) is 0 Å². The van der Waals surface area contributed by atoms with E-state index in [1.807, 2.05) is 0 Å². The zero-order valence-electron chi connectivity index (χ0n) is 17.2. The maximum Gasteiger partial charge on any atom is 0.234 e. The second kappa shape index (κ2) is 10.0.